The van der Waals surface area contributed by atoms with Crippen molar-refractivity contribution in [3.05, 3.63) is 60.7 Å². The smallest absolute Gasteiger partial charge is 0.214 e. The number of halogens is 1. The number of thioether (sulfide) groups is 1. The van der Waals surface area contributed by atoms with Crippen LogP contribution >= 0.6 is 34.4 Å². The van der Waals surface area contributed by atoms with E-state index in [-0.39, 0.29) is 3.00 Å². The molecule has 2 aromatic rings. The summed E-state index contributed by atoms with van der Waals surface area (Å²) in [6.07, 6.45) is 2.14. The highest BCUT2D eigenvalue weighted by molar-refractivity contribution is 14.1. The van der Waals surface area contributed by atoms with Gasteiger partial charge in [0.2, 0.25) is 3.00 Å². The predicted molar refractivity (Wildman–Crippen MR) is 100.0 cm³/mol. The molecule has 0 aliphatic rings. The molecule has 0 spiro atoms. The maximum atomic E-state index is 2.51. The maximum absolute atomic E-state index is 2.51. The molecule has 4 heteroatoms. The van der Waals surface area contributed by atoms with Crippen LogP contribution in [0.15, 0.2) is 60.7 Å². The summed E-state index contributed by atoms with van der Waals surface area (Å²) in [5, 5.41) is 0. The Bertz CT molecular complexity index is 487. The molecule has 0 N–H and O–H groups in total. The van der Waals surface area contributed by atoms with Crippen LogP contribution in [-0.2, 0) is 0 Å². The van der Waals surface area contributed by atoms with Crippen molar-refractivity contribution in [3.8, 4) is 0 Å². The van der Waals surface area contributed by atoms with Crippen LogP contribution in [0.2, 0.25) is 0 Å². The van der Waals surface area contributed by atoms with E-state index in [0.717, 1.165) is 0 Å². The molecule has 20 heavy (non-hydrogen) atoms. The molecule has 0 aliphatic carbocycles. The zero-order valence-corrected chi connectivity index (χ0v) is 14.9. The van der Waals surface area contributed by atoms with Gasteiger partial charge in [0.15, 0.2) is 0 Å². The van der Waals surface area contributed by atoms with Gasteiger partial charge in [0, 0.05) is 25.5 Å². The molecule has 2 rings (SSSR count). The number of rotatable bonds is 5. The van der Waals surface area contributed by atoms with Gasteiger partial charge in [-0.15, -0.1) is 11.8 Å². The topological polar surface area (TPSA) is 6.48 Å². The third-order valence-corrected chi connectivity index (χ3v) is 7.21. The molecule has 0 radical (unpaired) electrons. The Morgan fingerprint density at radius 3 is 1.45 bits per heavy atom. The molecule has 0 saturated heterocycles. The number of anilines is 2. The van der Waals surface area contributed by atoms with E-state index in [0.29, 0.717) is 0 Å². The molecule has 0 amide bonds. The zero-order chi connectivity index (χ0) is 14.6. The molecule has 0 saturated carbocycles. The van der Waals surface area contributed by atoms with Gasteiger partial charge in [-0.1, -0.05) is 36.4 Å². The Balaban J connectivity index is 2.33. The van der Waals surface area contributed by atoms with E-state index in [9.17, 15) is 0 Å². The van der Waals surface area contributed by atoms with Gasteiger partial charge in [0.25, 0.3) is 0 Å². The molecular formula is C16H19IN2S. The van der Waals surface area contributed by atoms with E-state index in [4.69, 9.17) is 0 Å². The Morgan fingerprint density at radius 1 is 0.800 bits per heavy atom. The molecule has 2 aromatic carbocycles. The molecule has 0 aromatic heterocycles. The van der Waals surface area contributed by atoms with Crippen molar-refractivity contribution in [1.29, 1.82) is 0 Å². The second kappa shape index (κ2) is 6.72. The van der Waals surface area contributed by atoms with E-state index in [1.807, 2.05) is 23.9 Å². The highest BCUT2D eigenvalue weighted by Gasteiger charge is 2.35. The lowest BCUT2D eigenvalue weighted by atomic mass is 10.3. The van der Waals surface area contributed by atoms with Crippen LogP contribution in [0.1, 0.15) is 0 Å². The molecule has 2 nitrogen and oxygen atoms in total. The predicted octanol–water partition coefficient (Wildman–Crippen LogP) is 4.67. The van der Waals surface area contributed by atoms with Crippen molar-refractivity contribution in [2.75, 3.05) is 30.2 Å². The average Bonchev–Trinajstić information content (AvgIpc) is 2.54. The van der Waals surface area contributed by atoms with E-state index in [1.54, 1.807) is 0 Å². The van der Waals surface area contributed by atoms with Crippen molar-refractivity contribution in [1.82, 2.24) is 0 Å². The SMILES string of the molecule is CSC(I)(N(C)c1ccccc1)N(C)c1ccccc1. The first kappa shape index (κ1) is 15.5. The van der Waals surface area contributed by atoms with Crippen LogP contribution in [0.3, 0.4) is 0 Å². The molecule has 106 valence electrons. The molecule has 0 atom stereocenters. The van der Waals surface area contributed by atoms with Crippen molar-refractivity contribution in [3.63, 3.8) is 0 Å². The average molecular weight is 398 g/mol. The van der Waals surface area contributed by atoms with Crippen LogP contribution < -0.4 is 9.80 Å². The summed E-state index contributed by atoms with van der Waals surface area (Å²) in [5.41, 5.74) is 2.41. The summed E-state index contributed by atoms with van der Waals surface area (Å²) >= 11 is 4.33. The molecule has 0 unspecified atom stereocenters. The Morgan fingerprint density at radius 2 is 1.15 bits per heavy atom. The molecule has 0 aliphatic heterocycles. The standard InChI is InChI=1S/C16H19IN2S/c1-18(14-10-6-4-7-11-14)16(17,20-3)19(2)15-12-8-5-9-13-15/h4-13H,1-3H3. The van der Waals surface area contributed by atoms with Gasteiger partial charge in [0.1, 0.15) is 0 Å². The van der Waals surface area contributed by atoms with Crippen molar-refractivity contribution < 1.29 is 0 Å². The largest absolute Gasteiger partial charge is 0.335 e. The number of benzene rings is 2. The van der Waals surface area contributed by atoms with Gasteiger partial charge < -0.3 is 9.80 Å². The lowest BCUT2D eigenvalue weighted by Crippen LogP contribution is -2.51. The third kappa shape index (κ3) is 3.06. The molecule has 0 heterocycles. The summed E-state index contributed by atoms with van der Waals surface area (Å²) < 4.78 is -0.180. The first-order chi connectivity index (χ1) is 9.59. The Labute approximate surface area is 139 Å². The lowest BCUT2D eigenvalue weighted by Gasteiger charge is -2.44. The minimum Gasteiger partial charge on any atom is -0.335 e. The fraction of sp³-hybridized carbons (Fsp3) is 0.250. The third-order valence-electron chi connectivity index (χ3n) is 3.37. The number of alkyl halides is 1. The van der Waals surface area contributed by atoms with Gasteiger partial charge in [-0.2, -0.15) is 0 Å². The highest BCUT2D eigenvalue weighted by Crippen LogP contribution is 2.41. The van der Waals surface area contributed by atoms with Crippen molar-refractivity contribution in [2.24, 2.45) is 0 Å². The van der Waals surface area contributed by atoms with E-state index in [1.165, 1.54) is 11.4 Å². The number of nitrogens with zero attached hydrogens (tertiary/aromatic N) is 2. The van der Waals surface area contributed by atoms with Crippen molar-refractivity contribution in [2.45, 2.75) is 3.00 Å². The Hall–Kier alpha value is -0.880. The quantitative estimate of drug-likeness (QED) is 0.313. The van der Waals surface area contributed by atoms with Gasteiger partial charge in [-0.05, 0) is 53.1 Å². The first-order valence-electron chi connectivity index (χ1n) is 6.41. The second-order valence-electron chi connectivity index (χ2n) is 4.52. The van der Waals surface area contributed by atoms with Crippen molar-refractivity contribution >= 4 is 45.7 Å². The first-order valence-corrected chi connectivity index (χ1v) is 8.72. The van der Waals surface area contributed by atoms with Crippen LogP contribution in [0, 0.1) is 0 Å². The number of hydrogen-bond acceptors (Lipinski definition) is 3. The second-order valence-corrected chi connectivity index (χ2v) is 7.74. The van der Waals surface area contributed by atoms with E-state index < -0.39 is 0 Å². The normalized spacial score (nSPS) is 11.2. The lowest BCUT2D eigenvalue weighted by molar-refractivity contribution is 0.779. The van der Waals surface area contributed by atoms with Crippen LogP contribution in [0.4, 0.5) is 11.4 Å². The van der Waals surface area contributed by atoms with Crippen LogP contribution in [-0.4, -0.2) is 23.4 Å². The van der Waals surface area contributed by atoms with Gasteiger partial charge in [-0.25, -0.2) is 0 Å². The van der Waals surface area contributed by atoms with E-state index in [2.05, 4.69) is 101 Å². The molecule has 0 fully saturated rings. The summed E-state index contributed by atoms with van der Waals surface area (Å²) in [6.45, 7) is 0. The maximum Gasteiger partial charge on any atom is 0.214 e. The summed E-state index contributed by atoms with van der Waals surface area (Å²) in [4.78, 5) is 4.59. The Kier molecular flexibility index (Phi) is 5.21. The summed E-state index contributed by atoms with van der Waals surface area (Å²) in [7, 11) is 4.27. The minimum absolute atomic E-state index is 0.180. The molecule has 0 bridgehead atoms. The monoisotopic (exact) mass is 398 g/mol. The van der Waals surface area contributed by atoms with Gasteiger partial charge >= 0.3 is 0 Å². The highest BCUT2D eigenvalue weighted by atomic mass is 127. The van der Waals surface area contributed by atoms with Gasteiger partial charge in [-0.3, -0.25) is 0 Å². The zero-order valence-electron chi connectivity index (χ0n) is 12.0. The number of para-hydroxylation sites is 2. The fourth-order valence-corrected chi connectivity index (χ4v) is 3.44. The van der Waals surface area contributed by atoms with E-state index >= 15 is 0 Å². The fourth-order valence-electron chi connectivity index (χ4n) is 2.12. The summed E-state index contributed by atoms with van der Waals surface area (Å²) in [5.74, 6) is 0. The summed E-state index contributed by atoms with van der Waals surface area (Å²) in [6, 6.07) is 21.0. The molecular weight excluding hydrogens is 379 g/mol. The van der Waals surface area contributed by atoms with Crippen LogP contribution in [0.5, 0.6) is 0 Å². The van der Waals surface area contributed by atoms with Crippen LogP contribution in [0.25, 0.3) is 0 Å². The number of hydrogen-bond donors (Lipinski definition) is 0. The minimum atomic E-state index is -0.180. The van der Waals surface area contributed by atoms with Gasteiger partial charge in [0.05, 0.1) is 0 Å².